The van der Waals surface area contributed by atoms with E-state index in [1.807, 2.05) is 60.7 Å². The van der Waals surface area contributed by atoms with Crippen molar-refractivity contribution in [2.45, 2.75) is 0 Å². The van der Waals surface area contributed by atoms with Gasteiger partial charge in [0.15, 0.2) is 0 Å². The highest BCUT2D eigenvalue weighted by molar-refractivity contribution is 6.05. The molecule has 2 N–H and O–H groups in total. The highest BCUT2D eigenvalue weighted by Gasteiger charge is 2.08. The van der Waals surface area contributed by atoms with Crippen molar-refractivity contribution in [1.82, 2.24) is 15.2 Å². The molecule has 0 saturated carbocycles. The Labute approximate surface area is 150 Å². The molecule has 5 heteroatoms. The van der Waals surface area contributed by atoms with Crippen LogP contribution in [0.3, 0.4) is 0 Å². The van der Waals surface area contributed by atoms with E-state index in [4.69, 9.17) is 0 Å². The van der Waals surface area contributed by atoms with Crippen LogP contribution < -0.4 is 5.32 Å². The van der Waals surface area contributed by atoms with Crippen LogP contribution in [0.1, 0.15) is 21.6 Å². The molecule has 2 aromatic heterocycles. The van der Waals surface area contributed by atoms with Gasteiger partial charge in [0.05, 0.1) is 11.2 Å². The zero-order valence-electron chi connectivity index (χ0n) is 13.9. The topological polar surface area (TPSA) is 70.7 Å². The predicted molar refractivity (Wildman–Crippen MR) is 104 cm³/mol. The van der Waals surface area contributed by atoms with Gasteiger partial charge >= 0.3 is 0 Å². The zero-order chi connectivity index (χ0) is 17.8. The Bertz CT molecular complexity index is 1080. The van der Waals surface area contributed by atoms with Crippen molar-refractivity contribution >= 4 is 34.6 Å². The van der Waals surface area contributed by atoms with Gasteiger partial charge in [0.2, 0.25) is 0 Å². The third kappa shape index (κ3) is 3.23. The lowest BCUT2D eigenvalue weighted by molar-refractivity contribution is 0.102. The first-order valence-corrected chi connectivity index (χ1v) is 8.23. The van der Waals surface area contributed by atoms with Crippen LogP contribution in [-0.2, 0) is 0 Å². The fourth-order valence-corrected chi connectivity index (χ4v) is 2.73. The maximum Gasteiger partial charge on any atom is 0.255 e. The minimum atomic E-state index is -0.168. The van der Waals surface area contributed by atoms with Crippen molar-refractivity contribution < 1.29 is 4.79 Å². The van der Waals surface area contributed by atoms with Crippen LogP contribution in [0.4, 0.5) is 5.69 Å². The first-order valence-electron chi connectivity index (χ1n) is 8.23. The molecular formula is C21H16N4O. The number of nitrogens with zero attached hydrogens (tertiary/aromatic N) is 2. The number of aromatic amines is 1. The van der Waals surface area contributed by atoms with Crippen LogP contribution in [0.15, 0.2) is 73.1 Å². The summed E-state index contributed by atoms with van der Waals surface area (Å²) in [6.45, 7) is 0. The average Bonchev–Trinajstić information content (AvgIpc) is 3.11. The molecule has 0 fully saturated rings. The smallest absolute Gasteiger partial charge is 0.255 e. The third-order valence-corrected chi connectivity index (χ3v) is 4.07. The summed E-state index contributed by atoms with van der Waals surface area (Å²) in [5, 5.41) is 11.4. The number of pyridine rings is 1. The van der Waals surface area contributed by atoms with Gasteiger partial charge in [-0.3, -0.25) is 14.9 Å². The van der Waals surface area contributed by atoms with Crippen LogP contribution in [0.2, 0.25) is 0 Å². The second-order valence-electron chi connectivity index (χ2n) is 5.77. The van der Waals surface area contributed by atoms with Crippen LogP contribution in [0, 0.1) is 0 Å². The van der Waals surface area contributed by atoms with E-state index in [0.29, 0.717) is 5.56 Å². The molecule has 0 radical (unpaired) electrons. The molecule has 0 aliphatic heterocycles. The Balaban J connectivity index is 1.61. The van der Waals surface area contributed by atoms with Gasteiger partial charge in [0, 0.05) is 29.0 Å². The van der Waals surface area contributed by atoms with Gasteiger partial charge < -0.3 is 5.32 Å². The van der Waals surface area contributed by atoms with Gasteiger partial charge in [-0.15, -0.1) is 0 Å². The minimum absolute atomic E-state index is 0.168. The van der Waals surface area contributed by atoms with Crippen LogP contribution in [0.25, 0.3) is 23.1 Å². The Morgan fingerprint density at radius 3 is 2.58 bits per heavy atom. The van der Waals surface area contributed by atoms with Crippen LogP contribution >= 0.6 is 0 Å². The van der Waals surface area contributed by atoms with E-state index >= 15 is 0 Å². The molecule has 1 amide bonds. The molecule has 0 atom stereocenters. The van der Waals surface area contributed by atoms with E-state index in [9.17, 15) is 4.79 Å². The van der Waals surface area contributed by atoms with E-state index in [1.165, 1.54) is 0 Å². The number of hydrogen-bond acceptors (Lipinski definition) is 3. The molecule has 4 rings (SSSR count). The number of nitrogens with one attached hydrogen (secondary N) is 2. The predicted octanol–water partition coefficient (Wildman–Crippen LogP) is 4.38. The van der Waals surface area contributed by atoms with Crippen molar-refractivity contribution in [2.75, 3.05) is 5.32 Å². The second-order valence-corrected chi connectivity index (χ2v) is 5.77. The number of benzene rings is 2. The molecule has 2 aromatic carbocycles. The molecule has 5 nitrogen and oxygen atoms in total. The number of carbonyl (C=O) groups excluding carboxylic acids is 1. The number of para-hydroxylation sites is 2. The fourth-order valence-electron chi connectivity index (χ4n) is 2.73. The van der Waals surface area contributed by atoms with E-state index in [1.54, 1.807) is 24.5 Å². The molecule has 0 aliphatic rings. The van der Waals surface area contributed by atoms with Crippen molar-refractivity contribution in [3.8, 4) is 0 Å². The van der Waals surface area contributed by atoms with Crippen molar-refractivity contribution in [1.29, 1.82) is 0 Å². The number of H-pyrrole nitrogens is 1. The average molecular weight is 340 g/mol. The molecule has 0 aliphatic carbocycles. The molecule has 126 valence electrons. The molecule has 0 bridgehead atoms. The molecular weight excluding hydrogens is 324 g/mol. The van der Waals surface area contributed by atoms with Crippen molar-refractivity contribution in [3.63, 3.8) is 0 Å². The lowest BCUT2D eigenvalue weighted by atomic mass is 10.1. The first-order chi connectivity index (χ1) is 12.8. The van der Waals surface area contributed by atoms with Gasteiger partial charge in [0.1, 0.15) is 0 Å². The largest absolute Gasteiger partial charge is 0.321 e. The summed E-state index contributed by atoms with van der Waals surface area (Å²) in [7, 11) is 0. The summed E-state index contributed by atoms with van der Waals surface area (Å²) in [5.41, 5.74) is 4.06. The maximum absolute atomic E-state index is 12.4. The fraction of sp³-hybridized carbons (Fsp3) is 0. The first kappa shape index (κ1) is 15.8. The molecule has 2 heterocycles. The second kappa shape index (κ2) is 7.03. The summed E-state index contributed by atoms with van der Waals surface area (Å²) in [5.74, 6) is -0.168. The Morgan fingerprint density at radius 1 is 0.923 bits per heavy atom. The van der Waals surface area contributed by atoms with E-state index in [-0.39, 0.29) is 5.91 Å². The van der Waals surface area contributed by atoms with Gasteiger partial charge in [-0.25, -0.2) is 0 Å². The lowest BCUT2D eigenvalue weighted by Crippen LogP contribution is -2.12. The van der Waals surface area contributed by atoms with Crippen molar-refractivity contribution in [3.05, 3.63) is 89.9 Å². The Kier molecular flexibility index (Phi) is 4.26. The summed E-state index contributed by atoms with van der Waals surface area (Å²) >= 11 is 0. The quantitative estimate of drug-likeness (QED) is 0.579. The lowest BCUT2D eigenvalue weighted by Gasteiger charge is -2.08. The van der Waals surface area contributed by atoms with E-state index in [2.05, 4.69) is 20.5 Å². The number of fused-ring (bicyclic) bond motifs is 1. The monoisotopic (exact) mass is 340 g/mol. The number of amides is 1. The standard InChI is InChI=1S/C21H16N4O/c26-21(16-11-13-22-14-12-16)23-18-7-3-1-5-15(18)9-10-20-17-6-2-4-8-19(17)24-25-20/h1-14H,(H,23,26)(H,24,25). The van der Waals surface area contributed by atoms with Crippen LogP contribution in [0.5, 0.6) is 0 Å². The van der Waals surface area contributed by atoms with Gasteiger partial charge in [-0.1, -0.05) is 42.5 Å². The molecule has 0 spiro atoms. The molecule has 0 saturated heterocycles. The normalized spacial score (nSPS) is 11.1. The summed E-state index contributed by atoms with van der Waals surface area (Å²) in [6.07, 6.45) is 7.09. The summed E-state index contributed by atoms with van der Waals surface area (Å²) in [4.78, 5) is 16.3. The SMILES string of the molecule is O=C(Nc1ccccc1C=Cc1n[nH]c2ccccc12)c1ccncc1. The van der Waals surface area contributed by atoms with Crippen LogP contribution in [-0.4, -0.2) is 21.1 Å². The molecule has 26 heavy (non-hydrogen) atoms. The highest BCUT2D eigenvalue weighted by Crippen LogP contribution is 2.21. The minimum Gasteiger partial charge on any atom is -0.321 e. The molecule has 0 unspecified atom stereocenters. The molecule has 4 aromatic rings. The summed E-state index contributed by atoms with van der Waals surface area (Å²) in [6, 6.07) is 19.0. The highest BCUT2D eigenvalue weighted by atomic mass is 16.1. The maximum atomic E-state index is 12.4. The zero-order valence-corrected chi connectivity index (χ0v) is 13.9. The summed E-state index contributed by atoms with van der Waals surface area (Å²) < 4.78 is 0. The van der Waals surface area contributed by atoms with E-state index in [0.717, 1.165) is 27.8 Å². The number of anilines is 1. The third-order valence-electron chi connectivity index (χ3n) is 4.07. The Hall–Kier alpha value is -3.73. The number of aromatic nitrogens is 3. The van der Waals surface area contributed by atoms with E-state index < -0.39 is 0 Å². The number of carbonyl (C=O) groups is 1. The van der Waals surface area contributed by atoms with Crippen molar-refractivity contribution in [2.24, 2.45) is 0 Å². The number of hydrogen-bond donors (Lipinski definition) is 2. The Morgan fingerprint density at radius 2 is 1.69 bits per heavy atom. The van der Waals surface area contributed by atoms with Gasteiger partial charge in [0.25, 0.3) is 5.91 Å². The van der Waals surface area contributed by atoms with Gasteiger partial charge in [-0.05, 0) is 35.9 Å². The number of rotatable bonds is 4. The van der Waals surface area contributed by atoms with Gasteiger partial charge in [-0.2, -0.15) is 5.10 Å².